The number of nitrogens with zero attached hydrogens (tertiary/aromatic N) is 3. The molecule has 0 atom stereocenters. The molecule has 0 amide bonds. The average Bonchev–Trinajstić information content (AvgIpc) is 2.29. The van der Waals surface area contributed by atoms with Crippen molar-refractivity contribution >= 4 is 5.95 Å². The molecule has 0 radical (unpaired) electrons. The van der Waals surface area contributed by atoms with Crippen LogP contribution in [-0.2, 0) is 0 Å². The molecule has 0 aliphatic heterocycles. The van der Waals surface area contributed by atoms with Crippen LogP contribution in [0.1, 0.15) is 6.92 Å². The summed E-state index contributed by atoms with van der Waals surface area (Å²) in [6, 6.07) is 6.28. The molecule has 1 heterocycles. The Morgan fingerprint density at radius 1 is 1.24 bits per heavy atom. The highest BCUT2D eigenvalue weighted by Crippen LogP contribution is 2.20. The zero-order valence-electron chi connectivity index (χ0n) is 9.22. The van der Waals surface area contributed by atoms with Gasteiger partial charge < -0.3 is 10.5 Å². The molecular weight excluding hydrogens is 223 g/mol. The minimum Gasteiger partial charge on any atom is -0.464 e. The van der Waals surface area contributed by atoms with Gasteiger partial charge in [-0.2, -0.15) is 15.0 Å². The average molecular weight is 234 g/mol. The van der Waals surface area contributed by atoms with Gasteiger partial charge in [-0.05, 0) is 19.1 Å². The number of benzene rings is 1. The lowest BCUT2D eigenvalue weighted by atomic mass is 10.2. The first-order valence-corrected chi connectivity index (χ1v) is 5.10. The minimum absolute atomic E-state index is 0.00158. The zero-order chi connectivity index (χ0) is 12.3. The lowest BCUT2D eigenvalue weighted by molar-refractivity contribution is 0.312. The van der Waals surface area contributed by atoms with Crippen molar-refractivity contribution in [2.24, 2.45) is 0 Å². The maximum Gasteiger partial charge on any atom is 0.321 e. The minimum atomic E-state index is -0.416. The predicted octanol–water partition coefficient (Wildman–Crippen LogP) is 1.66. The fourth-order valence-corrected chi connectivity index (χ4v) is 1.33. The van der Waals surface area contributed by atoms with Crippen LogP contribution in [0, 0.1) is 5.82 Å². The molecule has 1 aromatic carbocycles. The van der Waals surface area contributed by atoms with Crippen molar-refractivity contribution in [3.8, 4) is 17.4 Å². The topological polar surface area (TPSA) is 73.9 Å². The number of nitrogens with two attached hydrogens (primary N) is 1. The number of halogens is 1. The second-order valence-electron chi connectivity index (χ2n) is 3.21. The van der Waals surface area contributed by atoms with Gasteiger partial charge in [0.1, 0.15) is 5.82 Å². The number of anilines is 1. The summed E-state index contributed by atoms with van der Waals surface area (Å²) in [7, 11) is 0. The van der Waals surface area contributed by atoms with E-state index in [1.54, 1.807) is 25.1 Å². The van der Waals surface area contributed by atoms with Crippen molar-refractivity contribution in [2.75, 3.05) is 12.3 Å². The number of ether oxygens (including phenoxy) is 1. The first-order chi connectivity index (χ1) is 8.20. The summed E-state index contributed by atoms with van der Waals surface area (Å²) in [5.74, 6) is -0.249. The Bertz CT molecular complexity index is 533. The quantitative estimate of drug-likeness (QED) is 0.874. The highest BCUT2D eigenvalue weighted by Gasteiger charge is 2.10. The molecule has 1 aromatic heterocycles. The lowest BCUT2D eigenvalue weighted by Crippen LogP contribution is -2.05. The zero-order valence-corrected chi connectivity index (χ0v) is 9.22. The standard InChI is InChI=1S/C11H11FN4O/c1-2-17-11-15-9(14-10(13)16-11)7-5-3-4-6-8(7)12/h3-6H,2H2,1H3,(H2,13,14,15,16). The second-order valence-corrected chi connectivity index (χ2v) is 3.21. The SMILES string of the molecule is CCOc1nc(N)nc(-c2ccccc2F)n1. The van der Waals surface area contributed by atoms with Crippen LogP contribution in [0.4, 0.5) is 10.3 Å². The van der Waals surface area contributed by atoms with Crippen molar-refractivity contribution < 1.29 is 9.13 Å². The third-order valence-corrected chi connectivity index (χ3v) is 2.02. The van der Waals surface area contributed by atoms with E-state index in [0.29, 0.717) is 6.61 Å². The van der Waals surface area contributed by atoms with E-state index in [1.165, 1.54) is 6.07 Å². The van der Waals surface area contributed by atoms with Crippen LogP contribution in [0.2, 0.25) is 0 Å². The summed E-state index contributed by atoms with van der Waals surface area (Å²) in [6.07, 6.45) is 0. The van der Waals surface area contributed by atoms with Crippen molar-refractivity contribution in [3.05, 3.63) is 30.1 Å². The maximum atomic E-state index is 13.5. The highest BCUT2D eigenvalue weighted by molar-refractivity contribution is 5.56. The molecule has 0 saturated heterocycles. The van der Waals surface area contributed by atoms with E-state index >= 15 is 0 Å². The fraction of sp³-hybridized carbons (Fsp3) is 0.182. The molecule has 0 bridgehead atoms. The van der Waals surface area contributed by atoms with Gasteiger partial charge >= 0.3 is 6.01 Å². The van der Waals surface area contributed by atoms with Gasteiger partial charge in [-0.3, -0.25) is 0 Å². The summed E-state index contributed by atoms with van der Waals surface area (Å²) in [6.45, 7) is 2.20. The molecule has 0 fully saturated rings. The summed E-state index contributed by atoms with van der Waals surface area (Å²) in [4.78, 5) is 11.7. The molecule has 6 heteroatoms. The van der Waals surface area contributed by atoms with E-state index in [4.69, 9.17) is 10.5 Å². The van der Waals surface area contributed by atoms with Crippen LogP contribution in [0.3, 0.4) is 0 Å². The van der Waals surface area contributed by atoms with Crippen LogP contribution in [-0.4, -0.2) is 21.6 Å². The van der Waals surface area contributed by atoms with E-state index < -0.39 is 5.82 Å². The monoisotopic (exact) mass is 234 g/mol. The Kier molecular flexibility index (Phi) is 3.13. The summed E-state index contributed by atoms with van der Waals surface area (Å²) >= 11 is 0. The molecule has 0 aliphatic rings. The summed E-state index contributed by atoms with van der Waals surface area (Å²) < 4.78 is 18.7. The molecule has 2 aromatic rings. The molecule has 0 spiro atoms. The molecule has 5 nitrogen and oxygen atoms in total. The molecule has 2 rings (SSSR count). The molecular formula is C11H11FN4O. The number of hydrogen-bond donors (Lipinski definition) is 1. The van der Waals surface area contributed by atoms with Crippen molar-refractivity contribution in [3.63, 3.8) is 0 Å². The third kappa shape index (κ3) is 2.47. The Morgan fingerprint density at radius 2 is 2.00 bits per heavy atom. The molecule has 0 unspecified atom stereocenters. The Labute approximate surface area is 97.5 Å². The van der Waals surface area contributed by atoms with Crippen molar-refractivity contribution in [1.29, 1.82) is 0 Å². The molecule has 2 N–H and O–H groups in total. The van der Waals surface area contributed by atoms with Crippen LogP contribution < -0.4 is 10.5 Å². The number of rotatable bonds is 3. The Hall–Kier alpha value is -2.24. The smallest absolute Gasteiger partial charge is 0.321 e. The van der Waals surface area contributed by atoms with E-state index in [9.17, 15) is 4.39 Å². The van der Waals surface area contributed by atoms with Crippen molar-refractivity contribution in [2.45, 2.75) is 6.92 Å². The van der Waals surface area contributed by atoms with Crippen molar-refractivity contribution in [1.82, 2.24) is 15.0 Å². The molecule has 0 saturated carbocycles. The molecule has 0 aliphatic carbocycles. The van der Waals surface area contributed by atoms with E-state index in [1.807, 2.05) is 0 Å². The van der Waals surface area contributed by atoms with Gasteiger partial charge in [-0.1, -0.05) is 12.1 Å². The Balaban J connectivity index is 2.48. The van der Waals surface area contributed by atoms with Crippen LogP contribution >= 0.6 is 0 Å². The first-order valence-electron chi connectivity index (χ1n) is 5.10. The van der Waals surface area contributed by atoms with E-state index in [-0.39, 0.29) is 23.3 Å². The van der Waals surface area contributed by atoms with Crippen LogP contribution in [0.15, 0.2) is 24.3 Å². The third-order valence-electron chi connectivity index (χ3n) is 2.02. The van der Waals surface area contributed by atoms with Gasteiger partial charge in [0.25, 0.3) is 0 Å². The molecule has 17 heavy (non-hydrogen) atoms. The van der Waals surface area contributed by atoms with Gasteiger partial charge in [-0.15, -0.1) is 0 Å². The normalized spacial score (nSPS) is 10.2. The van der Waals surface area contributed by atoms with Crippen LogP contribution in [0.25, 0.3) is 11.4 Å². The number of hydrogen-bond acceptors (Lipinski definition) is 5. The second kappa shape index (κ2) is 4.73. The number of nitrogen functional groups attached to an aromatic ring is 1. The van der Waals surface area contributed by atoms with Gasteiger partial charge in [0.2, 0.25) is 5.95 Å². The van der Waals surface area contributed by atoms with E-state index in [0.717, 1.165) is 0 Å². The maximum absolute atomic E-state index is 13.5. The molecule has 88 valence electrons. The van der Waals surface area contributed by atoms with Gasteiger partial charge in [0.05, 0.1) is 12.2 Å². The number of aromatic nitrogens is 3. The Morgan fingerprint density at radius 3 is 2.71 bits per heavy atom. The van der Waals surface area contributed by atoms with Gasteiger partial charge in [-0.25, -0.2) is 4.39 Å². The van der Waals surface area contributed by atoms with Gasteiger partial charge in [0, 0.05) is 0 Å². The van der Waals surface area contributed by atoms with Crippen LogP contribution in [0.5, 0.6) is 6.01 Å². The van der Waals surface area contributed by atoms with Gasteiger partial charge in [0.15, 0.2) is 5.82 Å². The predicted molar refractivity (Wildman–Crippen MR) is 60.8 cm³/mol. The summed E-state index contributed by atoms with van der Waals surface area (Å²) in [5.41, 5.74) is 5.78. The lowest BCUT2D eigenvalue weighted by Gasteiger charge is -2.05. The highest BCUT2D eigenvalue weighted by atomic mass is 19.1. The first kappa shape index (κ1) is 11.3. The van der Waals surface area contributed by atoms with E-state index in [2.05, 4.69) is 15.0 Å². The fourth-order valence-electron chi connectivity index (χ4n) is 1.33. The largest absolute Gasteiger partial charge is 0.464 e. The summed E-state index contributed by atoms with van der Waals surface area (Å²) in [5, 5.41) is 0.